The Kier molecular flexibility index (Phi) is 4.33. The van der Waals surface area contributed by atoms with Gasteiger partial charge in [0, 0.05) is 18.0 Å². The normalized spacial score (nSPS) is 12.9. The standard InChI is InChI=1S/C12H17N3O2S/c1-8(2)6-11-14-12(18-15-11)13-9(7-16)10-4-3-5-17-10/h3-5,8-9,16H,6-7H2,1-2H3,(H,13,14,15). The molecule has 0 bridgehead atoms. The molecule has 2 aromatic rings. The summed E-state index contributed by atoms with van der Waals surface area (Å²) in [5, 5.41) is 13.2. The molecule has 0 amide bonds. The Morgan fingerprint density at radius 2 is 2.33 bits per heavy atom. The van der Waals surface area contributed by atoms with E-state index >= 15 is 0 Å². The van der Waals surface area contributed by atoms with Crippen LogP contribution in [0.15, 0.2) is 22.8 Å². The first kappa shape index (κ1) is 13.0. The smallest absolute Gasteiger partial charge is 0.203 e. The molecule has 0 saturated carbocycles. The van der Waals surface area contributed by atoms with Gasteiger partial charge >= 0.3 is 0 Å². The van der Waals surface area contributed by atoms with Crippen LogP contribution in [0.1, 0.15) is 31.5 Å². The first-order chi connectivity index (χ1) is 8.69. The summed E-state index contributed by atoms with van der Waals surface area (Å²) in [4.78, 5) is 4.39. The van der Waals surface area contributed by atoms with Gasteiger partial charge in [0.2, 0.25) is 5.13 Å². The summed E-state index contributed by atoms with van der Waals surface area (Å²) in [5.74, 6) is 2.07. The SMILES string of the molecule is CC(C)Cc1nsc(NC(CO)c2ccco2)n1. The average Bonchev–Trinajstić information content (AvgIpc) is 2.96. The topological polar surface area (TPSA) is 71.2 Å². The van der Waals surface area contributed by atoms with Crippen molar-refractivity contribution in [2.24, 2.45) is 5.92 Å². The summed E-state index contributed by atoms with van der Waals surface area (Å²) >= 11 is 1.31. The summed E-state index contributed by atoms with van der Waals surface area (Å²) in [6.07, 6.45) is 2.45. The molecule has 0 aliphatic heterocycles. The zero-order valence-electron chi connectivity index (χ0n) is 10.5. The van der Waals surface area contributed by atoms with E-state index in [4.69, 9.17) is 4.42 Å². The second-order valence-electron chi connectivity index (χ2n) is 4.51. The number of aromatic nitrogens is 2. The summed E-state index contributed by atoms with van der Waals surface area (Å²) in [6.45, 7) is 4.22. The van der Waals surface area contributed by atoms with E-state index in [0.717, 1.165) is 12.2 Å². The van der Waals surface area contributed by atoms with Crippen LogP contribution in [0.2, 0.25) is 0 Å². The highest BCUT2D eigenvalue weighted by Crippen LogP contribution is 2.21. The van der Waals surface area contributed by atoms with Gasteiger partial charge in [-0.1, -0.05) is 13.8 Å². The van der Waals surface area contributed by atoms with Crippen molar-refractivity contribution in [2.45, 2.75) is 26.3 Å². The van der Waals surface area contributed by atoms with Gasteiger partial charge in [0.25, 0.3) is 0 Å². The Morgan fingerprint density at radius 3 is 2.94 bits per heavy atom. The Hall–Kier alpha value is -1.40. The Morgan fingerprint density at radius 1 is 1.50 bits per heavy atom. The molecule has 6 heteroatoms. The van der Waals surface area contributed by atoms with Crippen molar-refractivity contribution in [2.75, 3.05) is 11.9 Å². The van der Waals surface area contributed by atoms with E-state index in [1.807, 2.05) is 6.07 Å². The van der Waals surface area contributed by atoms with Gasteiger partial charge in [0.1, 0.15) is 17.6 Å². The van der Waals surface area contributed by atoms with Crippen LogP contribution in [0, 0.1) is 5.92 Å². The molecule has 0 spiro atoms. The van der Waals surface area contributed by atoms with Crippen molar-refractivity contribution >= 4 is 16.7 Å². The molecule has 18 heavy (non-hydrogen) atoms. The van der Waals surface area contributed by atoms with Gasteiger partial charge in [0.15, 0.2) is 0 Å². The number of nitrogens with zero attached hydrogens (tertiary/aromatic N) is 2. The highest BCUT2D eigenvalue weighted by atomic mass is 32.1. The fraction of sp³-hybridized carbons (Fsp3) is 0.500. The fourth-order valence-electron chi connectivity index (χ4n) is 1.61. The lowest BCUT2D eigenvalue weighted by molar-refractivity contribution is 0.261. The van der Waals surface area contributed by atoms with Gasteiger partial charge in [-0.2, -0.15) is 4.37 Å². The van der Waals surface area contributed by atoms with Crippen LogP contribution in [0.3, 0.4) is 0 Å². The lowest BCUT2D eigenvalue weighted by Crippen LogP contribution is -2.14. The number of nitrogens with one attached hydrogen (secondary N) is 1. The predicted molar refractivity (Wildman–Crippen MR) is 70.6 cm³/mol. The summed E-state index contributed by atoms with van der Waals surface area (Å²) in [5.41, 5.74) is 0. The molecule has 0 aromatic carbocycles. The van der Waals surface area contributed by atoms with Gasteiger partial charge in [-0.3, -0.25) is 0 Å². The van der Waals surface area contributed by atoms with Crippen LogP contribution in [0.4, 0.5) is 5.13 Å². The third-order valence-electron chi connectivity index (χ3n) is 2.43. The second-order valence-corrected chi connectivity index (χ2v) is 5.26. The third-order valence-corrected chi connectivity index (χ3v) is 3.11. The van der Waals surface area contributed by atoms with E-state index in [9.17, 15) is 5.11 Å². The van der Waals surface area contributed by atoms with Crippen LogP contribution in [-0.4, -0.2) is 21.1 Å². The Bertz CT molecular complexity index is 467. The van der Waals surface area contributed by atoms with E-state index in [1.165, 1.54) is 11.5 Å². The molecule has 0 radical (unpaired) electrons. The molecule has 98 valence electrons. The molecule has 2 N–H and O–H groups in total. The van der Waals surface area contributed by atoms with Crippen molar-refractivity contribution in [3.05, 3.63) is 30.0 Å². The third kappa shape index (κ3) is 3.30. The second kappa shape index (κ2) is 5.97. The van der Waals surface area contributed by atoms with Crippen molar-refractivity contribution in [1.29, 1.82) is 0 Å². The average molecular weight is 267 g/mol. The first-order valence-electron chi connectivity index (χ1n) is 5.92. The Labute approximate surface area is 110 Å². The molecule has 2 heterocycles. The molecule has 1 atom stereocenters. The zero-order valence-corrected chi connectivity index (χ0v) is 11.3. The zero-order chi connectivity index (χ0) is 13.0. The van der Waals surface area contributed by atoms with Crippen molar-refractivity contribution in [3.63, 3.8) is 0 Å². The van der Waals surface area contributed by atoms with Crippen LogP contribution in [0.25, 0.3) is 0 Å². The number of hydrogen-bond donors (Lipinski definition) is 2. The van der Waals surface area contributed by atoms with Crippen LogP contribution in [-0.2, 0) is 6.42 Å². The highest BCUT2D eigenvalue weighted by molar-refractivity contribution is 7.09. The van der Waals surface area contributed by atoms with Crippen molar-refractivity contribution < 1.29 is 9.52 Å². The van der Waals surface area contributed by atoms with E-state index in [0.29, 0.717) is 16.8 Å². The molecule has 5 nitrogen and oxygen atoms in total. The Balaban J connectivity index is 2.01. The fourth-order valence-corrected chi connectivity index (χ4v) is 2.25. The van der Waals surface area contributed by atoms with E-state index in [2.05, 4.69) is 28.5 Å². The number of aliphatic hydroxyl groups is 1. The summed E-state index contributed by atoms with van der Waals surface area (Å²) < 4.78 is 9.54. The summed E-state index contributed by atoms with van der Waals surface area (Å²) in [6, 6.07) is 3.34. The molecule has 0 fully saturated rings. The maximum atomic E-state index is 9.35. The molecule has 0 aliphatic carbocycles. The molecule has 1 unspecified atom stereocenters. The molecule has 2 aromatic heterocycles. The van der Waals surface area contributed by atoms with Crippen LogP contribution >= 0.6 is 11.5 Å². The minimum atomic E-state index is -0.278. The lowest BCUT2D eigenvalue weighted by atomic mass is 10.1. The molecule has 0 saturated heterocycles. The number of rotatable bonds is 6. The van der Waals surface area contributed by atoms with E-state index < -0.39 is 0 Å². The number of anilines is 1. The van der Waals surface area contributed by atoms with Gasteiger partial charge in [-0.25, -0.2) is 4.98 Å². The highest BCUT2D eigenvalue weighted by Gasteiger charge is 2.15. The van der Waals surface area contributed by atoms with Crippen LogP contribution in [0.5, 0.6) is 0 Å². The molecule has 0 aliphatic rings. The molecule has 2 rings (SSSR count). The number of aliphatic hydroxyl groups excluding tert-OH is 1. The van der Waals surface area contributed by atoms with Gasteiger partial charge in [-0.15, -0.1) is 0 Å². The minimum absolute atomic E-state index is 0.0490. The quantitative estimate of drug-likeness (QED) is 0.841. The molecular weight excluding hydrogens is 250 g/mol. The van der Waals surface area contributed by atoms with Gasteiger partial charge < -0.3 is 14.8 Å². The van der Waals surface area contributed by atoms with Gasteiger partial charge in [0.05, 0.1) is 12.9 Å². The maximum Gasteiger partial charge on any atom is 0.203 e. The van der Waals surface area contributed by atoms with E-state index in [1.54, 1.807) is 12.3 Å². The van der Waals surface area contributed by atoms with Crippen molar-refractivity contribution in [1.82, 2.24) is 9.36 Å². The van der Waals surface area contributed by atoms with E-state index in [-0.39, 0.29) is 12.6 Å². The number of hydrogen-bond acceptors (Lipinski definition) is 6. The maximum absolute atomic E-state index is 9.35. The monoisotopic (exact) mass is 267 g/mol. The largest absolute Gasteiger partial charge is 0.467 e. The first-order valence-corrected chi connectivity index (χ1v) is 6.69. The number of furan rings is 1. The van der Waals surface area contributed by atoms with Crippen LogP contribution < -0.4 is 5.32 Å². The predicted octanol–water partition coefficient (Wildman–Crippen LogP) is 2.48. The minimum Gasteiger partial charge on any atom is -0.467 e. The molecular formula is C12H17N3O2S. The van der Waals surface area contributed by atoms with Gasteiger partial charge in [-0.05, 0) is 18.1 Å². The van der Waals surface area contributed by atoms with Crippen molar-refractivity contribution in [3.8, 4) is 0 Å². The summed E-state index contributed by atoms with van der Waals surface area (Å²) in [7, 11) is 0. The lowest BCUT2D eigenvalue weighted by Gasteiger charge is -2.11.